The van der Waals surface area contributed by atoms with Crippen LogP contribution in [0.25, 0.3) is 0 Å². The Morgan fingerprint density at radius 1 is 1.19 bits per heavy atom. The molecule has 0 saturated heterocycles. The highest BCUT2D eigenvalue weighted by Gasteiger charge is 2.19. The quantitative estimate of drug-likeness (QED) is 0.908. The molecule has 3 rings (SSSR count). The van der Waals surface area contributed by atoms with Gasteiger partial charge in [-0.3, -0.25) is 0 Å². The number of ether oxygens (including phenoxy) is 1. The second-order valence-electron chi connectivity index (χ2n) is 5.33. The van der Waals surface area contributed by atoms with Gasteiger partial charge in [0.15, 0.2) is 0 Å². The highest BCUT2D eigenvalue weighted by molar-refractivity contribution is 5.41. The number of halogens is 1. The molecule has 1 aliphatic rings. The monoisotopic (exact) mass is 287 g/mol. The van der Waals surface area contributed by atoms with Crippen LogP contribution in [0.3, 0.4) is 0 Å². The van der Waals surface area contributed by atoms with Crippen molar-refractivity contribution in [2.75, 3.05) is 6.54 Å². The average Bonchev–Trinajstić information content (AvgIpc) is 2.49. The molecule has 2 aromatic rings. The molecule has 21 heavy (non-hydrogen) atoms. The van der Waals surface area contributed by atoms with E-state index in [1.54, 1.807) is 24.3 Å². The first kappa shape index (κ1) is 13.9. The first-order chi connectivity index (χ1) is 10.2. The third-order valence-electron chi connectivity index (χ3n) is 3.69. The minimum atomic E-state index is -0.217. The highest BCUT2D eigenvalue weighted by atomic mass is 19.1. The Hall–Kier alpha value is -2.07. The molecule has 1 atom stereocenters. The third kappa shape index (κ3) is 3.52. The Balaban J connectivity index is 1.52. The lowest BCUT2D eigenvalue weighted by Gasteiger charge is -2.26. The molecule has 110 valence electrons. The van der Waals surface area contributed by atoms with Crippen LogP contribution in [-0.4, -0.2) is 17.8 Å². The Morgan fingerprint density at radius 2 is 2.00 bits per heavy atom. The number of aromatic hydroxyl groups is 1. The number of phenols is 1. The lowest BCUT2D eigenvalue weighted by molar-refractivity contribution is 0.169. The molecule has 0 aromatic heterocycles. The normalized spacial score (nSPS) is 17.1. The van der Waals surface area contributed by atoms with Crippen molar-refractivity contribution in [1.29, 1.82) is 0 Å². The number of rotatable bonds is 4. The lowest BCUT2D eigenvalue weighted by Crippen LogP contribution is -2.33. The Kier molecular flexibility index (Phi) is 4.06. The van der Waals surface area contributed by atoms with E-state index < -0.39 is 0 Å². The second-order valence-corrected chi connectivity index (χ2v) is 5.33. The van der Waals surface area contributed by atoms with Crippen molar-refractivity contribution in [1.82, 2.24) is 5.32 Å². The molecule has 0 fully saturated rings. The van der Waals surface area contributed by atoms with Gasteiger partial charge in [-0.1, -0.05) is 18.2 Å². The summed E-state index contributed by atoms with van der Waals surface area (Å²) in [6, 6.07) is 11.7. The van der Waals surface area contributed by atoms with Crippen molar-refractivity contribution in [3.05, 3.63) is 59.4 Å². The zero-order valence-corrected chi connectivity index (χ0v) is 11.7. The number of fused-ring (bicyclic) bond motifs is 1. The Labute approximate surface area is 123 Å². The van der Waals surface area contributed by atoms with Gasteiger partial charge in [-0.15, -0.1) is 0 Å². The van der Waals surface area contributed by atoms with E-state index in [4.69, 9.17) is 4.74 Å². The van der Waals surface area contributed by atoms with Crippen LogP contribution >= 0.6 is 0 Å². The number of nitrogens with one attached hydrogen (secondary N) is 1. The highest BCUT2D eigenvalue weighted by Crippen LogP contribution is 2.30. The molecule has 2 N–H and O–H groups in total. The zero-order valence-electron chi connectivity index (χ0n) is 11.7. The van der Waals surface area contributed by atoms with Gasteiger partial charge < -0.3 is 15.2 Å². The van der Waals surface area contributed by atoms with E-state index in [-0.39, 0.29) is 17.7 Å². The molecule has 0 aliphatic carbocycles. The van der Waals surface area contributed by atoms with Crippen LogP contribution in [0.1, 0.15) is 17.5 Å². The molecule has 2 aromatic carbocycles. The minimum absolute atomic E-state index is 0.0970. The van der Waals surface area contributed by atoms with Crippen LogP contribution in [0, 0.1) is 5.82 Å². The molecule has 0 saturated carbocycles. The SMILES string of the molecule is Oc1ccc2c(c1)O[C@H](CNCc1ccc(F)cc1)CC2. The standard InChI is InChI=1S/C17H18FNO2/c18-14-5-1-12(2-6-14)10-19-11-16-8-4-13-3-7-15(20)9-17(13)21-16/h1-3,5-7,9,16,19-20H,4,8,10-11H2/t16-/m0/s1. The van der Waals surface area contributed by atoms with Crippen molar-refractivity contribution < 1.29 is 14.2 Å². The van der Waals surface area contributed by atoms with Gasteiger partial charge in [-0.2, -0.15) is 0 Å². The maximum Gasteiger partial charge on any atom is 0.126 e. The molecule has 1 aliphatic heterocycles. The van der Waals surface area contributed by atoms with Gasteiger partial charge in [0.1, 0.15) is 23.4 Å². The maximum atomic E-state index is 12.8. The summed E-state index contributed by atoms with van der Waals surface area (Å²) in [5.74, 6) is 0.786. The van der Waals surface area contributed by atoms with Crippen LogP contribution in [0.4, 0.5) is 4.39 Å². The van der Waals surface area contributed by atoms with Crippen molar-refractivity contribution in [2.45, 2.75) is 25.5 Å². The zero-order chi connectivity index (χ0) is 14.7. The summed E-state index contributed by atoms with van der Waals surface area (Å²) < 4.78 is 18.7. The minimum Gasteiger partial charge on any atom is -0.508 e. The number of aryl methyl sites for hydroxylation is 1. The van der Waals surface area contributed by atoms with Crippen LogP contribution in [0.5, 0.6) is 11.5 Å². The molecule has 0 unspecified atom stereocenters. The van der Waals surface area contributed by atoms with Crippen LogP contribution in [-0.2, 0) is 13.0 Å². The molecule has 3 nitrogen and oxygen atoms in total. The first-order valence-corrected chi connectivity index (χ1v) is 7.14. The molecule has 0 radical (unpaired) electrons. The number of hydrogen-bond acceptors (Lipinski definition) is 3. The van der Waals surface area contributed by atoms with E-state index in [0.717, 1.165) is 36.3 Å². The summed E-state index contributed by atoms with van der Waals surface area (Å²) in [5.41, 5.74) is 2.19. The molecule has 0 amide bonds. The summed E-state index contributed by atoms with van der Waals surface area (Å²) in [7, 11) is 0. The molecular formula is C17H18FNO2. The largest absolute Gasteiger partial charge is 0.508 e. The summed E-state index contributed by atoms with van der Waals surface area (Å²) in [6.45, 7) is 1.42. The van der Waals surface area contributed by atoms with E-state index in [1.165, 1.54) is 12.1 Å². The first-order valence-electron chi connectivity index (χ1n) is 7.14. The van der Waals surface area contributed by atoms with Crippen molar-refractivity contribution >= 4 is 0 Å². The van der Waals surface area contributed by atoms with Crippen molar-refractivity contribution in [3.63, 3.8) is 0 Å². The van der Waals surface area contributed by atoms with E-state index in [9.17, 15) is 9.50 Å². The average molecular weight is 287 g/mol. The van der Waals surface area contributed by atoms with Crippen molar-refractivity contribution in [3.8, 4) is 11.5 Å². The van der Waals surface area contributed by atoms with Gasteiger partial charge in [-0.25, -0.2) is 4.39 Å². The maximum absolute atomic E-state index is 12.8. The van der Waals surface area contributed by atoms with Gasteiger partial charge >= 0.3 is 0 Å². The van der Waals surface area contributed by atoms with E-state index in [0.29, 0.717) is 6.54 Å². The topological polar surface area (TPSA) is 41.5 Å². The van der Waals surface area contributed by atoms with Crippen LogP contribution in [0.2, 0.25) is 0 Å². The van der Waals surface area contributed by atoms with Gasteiger partial charge in [0.25, 0.3) is 0 Å². The van der Waals surface area contributed by atoms with Gasteiger partial charge in [-0.05, 0) is 42.2 Å². The van der Waals surface area contributed by atoms with Gasteiger partial charge in [0.2, 0.25) is 0 Å². The van der Waals surface area contributed by atoms with E-state index >= 15 is 0 Å². The van der Waals surface area contributed by atoms with Gasteiger partial charge in [0.05, 0.1) is 0 Å². The fraction of sp³-hybridized carbons (Fsp3) is 0.294. The summed E-state index contributed by atoms with van der Waals surface area (Å²) in [5, 5.41) is 12.8. The predicted octanol–water partition coefficient (Wildman–Crippen LogP) is 3.01. The number of phenolic OH excluding ortho intramolecular Hbond substituents is 1. The summed E-state index contributed by atoms with van der Waals surface area (Å²) in [4.78, 5) is 0. The fourth-order valence-electron chi connectivity index (χ4n) is 2.54. The third-order valence-corrected chi connectivity index (χ3v) is 3.69. The predicted molar refractivity (Wildman–Crippen MR) is 79.0 cm³/mol. The molecule has 0 bridgehead atoms. The lowest BCUT2D eigenvalue weighted by atomic mass is 10.0. The van der Waals surface area contributed by atoms with E-state index in [1.807, 2.05) is 6.07 Å². The summed E-state index contributed by atoms with van der Waals surface area (Å²) in [6.07, 6.45) is 2.01. The second kappa shape index (κ2) is 6.14. The van der Waals surface area contributed by atoms with Crippen LogP contribution < -0.4 is 10.1 Å². The molecule has 0 spiro atoms. The number of hydrogen-bond donors (Lipinski definition) is 2. The smallest absolute Gasteiger partial charge is 0.126 e. The van der Waals surface area contributed by atoms with Crippen molar-refractivity contribution in [2.24, 2.45) is 0 Å². The number of benzene rings is 2. The van der Waals surface area contributed by atoms with E-state index in [2.05, 4.69) is 5.32 Å². The van der Waals surface area contributed by atoms with Gasteiger partial charge in [0, 0.05) is 19.2 Å². The Bertz CT molecular complexity index is 613. The summed E-state index contributed by atoms with van der Waals surface area (Å²) >= 11 is 0. The Morgan fingerprint density at radius 3 is 2.81 bits per heavy atom. The molecule has 1 heterocycles. The molecule has 4 heteroatoms. The molecular weight excluding hydrogens is 269 g/mol. The fourth-order valence-corrected chi connectivity index (χ4v) is 2.54. The van der Waals surface area contributed by atoms with Crippen LogP contribution in [0.15, 0.2) is 42.5 Å².